The van der Waals surface area contributed by atoms with Gasteiger partial charge in [-0.15, -0.1) is 11.8 Å². The van der Waals surface area contributed by atoms with E-state index in [2.05, 4.69) is 34.1 Å². The lowest BCUT2D eigenvalue weighted by Gasteiger charge is -2.14. The van der Waals surface area contributed by atoms with Gasteiger partial charge in [0.25, 0.3) is 0 Å². The Hall–Kier alpha value is -0.970. The third-order valence-corrected chi connectivity index (χ3v) is 4.76. The highest BCUT2D eigenvalue weighted by Gasteiger charge is 2.11. The standard InChI is InChI=1S/C17H19BrO2S/c1-12-6-7-17(20-2)13(8-12)9-15(19)11-21-16-5-3-4-14(18)10-16/h3-8,10,15,19H,9,11H2,1-2H3. The van der Waals surface area contributed by atoms with Crippen molar-refractivity contribution >= 4 is 27.7 Å². The fourth-order valence-electron chi connectivity index (χ4n) is 2.13. The molecule has 2 aromatic rings. The van der Waals surface area contributed by atoms with E-state index < -0.39 is 6.10 Å². The summed E-state index contributed by atoms with van der Waals surface area (Å²) >= 11 is 5.12. The van der Waals surface area contributed by atoms with Crippen LogP contribution < -0.4 is 4.74 Å². The van der Waals surface area contributed by atoms with Crippen molar-refractivity contribution in [1.29, 1.82) is 0 Å². The zero-order valence-corrected chi connectivity index (χ0v) is 14.6. The summed E-state index contributed by atoms with van der Waals surface area (Å²) in [6.45, 7) is 2.05. The number of aliphatic hydroxyl groups excluding tert-OH is 1. The molecule has 0 heterocycles. The Labute approximate surface area is 138 Å². The molecule has 1 N–H and O–H groups in total. The minimum atomic E-state index is -0.398. The average Bonchev–Trinajstić information content (AvgIpc) is 2.45. The quantitative estimate of drug-likeness (QED) is 0.765. The molecule has 0 radical (unpaired) electrons. The van der Waals surface area contributed by atoms with E-state index in [0.29, 0.717) is 12.2 Å². The number of rotatable bonds is 6. The maximum absolute atomic E-state index is 10.3. The van der Waals surface area contributed by atoms with E-state index in [1.807, 2.05) is 31.2 Å². The summed E-state index contributed by atoms with van der Waals surface area (Å²) in [5, 5.41) is 10.3. The molecule has 2 rings (SSSR count). The number of halogens is 1. The number of ether oxygens (including phenoxy) is 1. The van der Waals surface area contributed by atoms with E-state index in [1.165, 1.54) is 5.56 Å². The van der Waals surface area contributed by atoms with Crippen molar-refractivity contribution < 1.29 is 9.84 Å². The van der Waals surface area contributed by atoms with Crippen LogP contribution >= 0.6 is 27.7 Å². The number of aliphatic hydroxyl groups is 1. The van der Waals surface area contributed by atoms with Crippen LogP contribution in [-0.2, 0) is 6.42 Å². The van der Waals surface area contributed by atoms with Crippen molar-refractivity contribution in [2.45, 2.75) is 24.3 Å². The van der Waals surface area contributed by atoms with Gasteiger partial charge in [0.2, 0.25) is 0 Å². The van der Waals surface area contributed by atoms with Crippen molar-refractivity contribution in [3.63, 3.8) is 0 Å². The van der Waals surface area contributed by atoms with E-state index in [-0.39, 0.29) is 0 Å². The van der Waals surface area contributed by atoms with Gasteiger partial charge in [-0.05, 0) is 36.8 Å². The van der Waals surface area contributed by atoms with Crippen molar-refractivity contribution in [1.82, 2.24) is 0 Å². The third-order valence-electron chi connectivity index (χ3n) is 3.13. The first-order valence-electron chi connectivity index (χ1n) is 6.78. The summed E-state index contributed by atoms with van der Waals surface area (Å²) in [6.07, 6.45) is 0.205. The molecule has 0 bridgehead atoms. The summed E-state index contributed by atoms with van der Waals surface area (Å²) in [6, 6.07) is 14.2. The van der Waals surface area contributed by atoms with Crippen LogP contribution in [0.4, 0.5) is 0 Å². The molecule has 0 aliphatic carbocycles. The van der Waals surface area contributed by atoms with E-state index in [4.69, 9.17) is 4.74 Å². The summed E-state index contributed by atoms with van der Waals surface area (Å²) in [4.78, 5) is 1.15. The Bertz CT molecular complexity index is 601. The Balaban J connectivity index is 1.95. The number of thioether (sulfide) groups is 1. The van der Waals surface area contributed by atoms with Gasteiger partial charge in [0, 0.05) is 21.5 Å². The van der Waals surface area contributed by atoms with Gasteiger partial charge in [-0.2, -0.15) is 0 Å². The molecule has 21 heavy (non-hydrogen) atoms. The molecule has 2 aromatic carbocycles. The van der Waals surface area contributed by atoms with E-state index >= 15 is 0 Å². The van der Waals surface area contributed by atoms with Crippen molar-refractivity contribution in [2.24, 2.45) is 0 Å². The van der Waals surface area contributed by atoms with Crippen LogP contribution in [0.2, 0.25) is 0 Å². The molecule has 0 amide bonds. The van der Waals surface area contributed by atoms with E-state index in [9.17, 15) is 5.11 Å². The zero-order valence-electron chi connectivity index (χ0n) is 12.2. The molecular weight excluding hydrogens is 348 g/mol. The first-order chi connectivity index (χ1) is 10.1. The number of aryl methyl sites for hydroxylation is 1. The minimum Gasteiger partial charge on any atom is -0.496 e. The van der Waals surface area contributed by atoms with Crippen LogP contribution in [0.15, 0.2) is 51.8 Å². The van der Waals surface area contributed by atoms with Crippen molar-refractivity contribution in [3.05, 3.63) is 58.1 Å². The molecule has 0 aliphatic heterocycles. The minimum absolute atomic E-state index is 0.398. The van der Waals surface area contributed by atoms with Crippen LogP contribution in [-0.4, -0.2) is 24.1 Å². The highest BCUT2D eigenvalue weighted by Crippen LogP contribution is 2.25. The van der Waals surface area contributed by atoms with Crippen molar-refractivity contribution in [2.75, 3.05) is 12.9 Å². The molecule has 1 unspecified atom stereocenters. The topological polar surface area (TPSA) is 29.5 Å². The first-order valence-corrected chi connectivity index (χ1v) is 8.56. The monoisotopic (exact) mass is 366 g/mol. The third kappa shape index (κ3) is 5.06. The van der Waals surface area contributed by atoms with Crippen LogP contribution in [0.5, 0.6) is 5.75 Å². The lowest BCUT2D eigenvalue weighted by Crippen LogP contribution is -2.14. The smallest absolute Gasteiger partial charge is 0.122 e. The molecule has 4 heteroatoms. The van der Waals surface area contributed by atoms with Crippen LogP contribution in [0.3, 0.4) is 0 Å². The van der Waals surface area contributed by atoms with Crippen LogP contribution in [0.25, 0.3) is 0 Å². The molecule has 0 saturated carbocycles. The maximum Gasteiger partial charge on any atom is 0.122 e. The Kier molecular flexibility index (Phi) is 6.15. The second-order valence-electron chi connectivity index (χ2n) is 4.94. The van der Waals surface area contributed by atoms with Gasteiger partial charge in [0.05, 0.1) is 13.2 Å². The van der Waals surface area contributed by atoms with E-state index in [0.717, 1.165) is 20.7 Å². The SMILES string of the molecule is COc1ccc(C)cc1CC(O)CSc1cccc(Br)c1. The molecule has 112 valence electrons. The van der Waals surface area contributed by atoms with Gasteiger partial charge in [0.15, 0.2) is 0 Å². The lowest BCUT2D eigenvalue weighted by molar-refractivity contribution is 0.198. The maximum atomic E-state index is 10.3. The van der Waals surface area contributed by atoms with Gasteiger partial charge >= 0.3 is 0 Å². The molecule has 1 atom stereocenters. The second-order valence-corrected chi connectivity index (χ2v) is 6.95. The largest absolute Gasteiger partial charge is 0.496 e. The second kappa shape index (κ2) is 7.87. The van der Waals surface area contributed by atoms with E-state index in [1.54, 1.807) is 18.9 Å². The molecule has 0 fully saturated rings. The first kappa shape index (κ1) is 16.4. The average molecular weight is 367 g/mol. The van der Waals surface area contributed by atoms with Crippen molar-refractivity contribution in [3.8, 4) is 5.75 Å². The fourth-order valence-corrected chi connectivity index (χ4v) is 3.57. The lowest BCUT2D eigenvalue weighted by atomic mass is 10.0. The summed E-state index contributed by atoms with van der Waals surface area (Å²) in [5.41, 5.74) is 2.23. The highest BCUT2D eigenvalue weighted by atomic mass is 79.9. The summed E-state index contributed by atoms with van der Waals surface area (Å²) < 4.78 is 6.41. The number of methoxy groups -OCH3 is 1. The van der Waals surface area contributed by atoms with Gasteiger partial charge in [-0.1, -0.05) is 39.7 Å². The van der Waals surface area contributed by atoms with Crippen LogP contribution in [0, 0.1) is 6.92 Å². The predicted molar refractivity (Wildman–Crippen MR) is 92.3 cm³/mol. The molecule has 0 saturated heterocycles. The Morgan fingerprint density at radius 1 is 1.24 bits per heavy atom. The summed E-state index contributed by atoms with van der Waals surface area (Å²) in [7, 11) is 1.66. The Morgan fingerprint density at radius 2 is 2.05 bits per heavy atom. The fraction of sp³-hybridized carbons (Fsp3) is 0.294. The van der Waals surface area contributed by atoms with Gasteiger partial charge in [-0.25, -0.2) is 0 Å². The van der Waals surface area contributed by atoms with Gasteiger partial charge in [0.1, 0.15) is 5.75 Å². The highest BCUT2D eigenvalue weighted by molar-refractivity contribution is 9.10. The zero-order chi connectivity index (χ0) is 15.2. The molecular formula is C17H19BrO2S. The summed E-state index contributed by atoms with van der Waals surface area (Å²) in [5.74, 6) is 1.50. The molecule has 0 aromatic heterocycles. The van der Waals surface area contributed by atoms with Crippen LogP contribution in [0.1, 0.15) is 11.1 Å². The number of hydrogen-bond donors (Lipinski definition) is 1. The number of hydrogen-bond acceptors (Lipinski definition) is 3. The molecule has 0 spiro atoms. The molecule has 0 aliphatic rings. The predicted octanol–water partition coefficient (Wildman–Crippen LogP) is 4.46. The normalized spacial score (nSPS) is 12.2. The molecule has 2 nitrogen and oxygen atoms in total. The van der Waals surface area contributed by atoms with Gasteiger partial charge < -0.3 is 9.84 Å². The Morgan fingerprint density at radius 3 is 2.76 bits per heavy atom. The number of benzene rings is 2. The van der Waals surface area contributed by atoms with Gasteiger partial charge in [-0.3, -0.25) is 0 Å².